The molecule has 0 unspecified atom stereocenters. The molecule has 2 aromatic carbocycles. The molecule has 0 heterocycles. The van der Waals surface area contributed by atoms with E-state index in [2.05, 4.69) is 0 Å². The second-order valence-corrected chi connectivity index (χ2v) is 8.25. The lowest BCUT2D eigenvalue weighted by atomic mass is 9.96. The van der Waals surface area contributed by atoms with Crippen molar-refractivity contribution in [3.05, 3.63) is 83.9 Å². The number of benzene rings is 2. The average molecular weight is 426 g/mol. The van der Waals surface area contributed by atoms with Gasteiger partial charge in [0.25, 0.3) is 0 Å². The normalized spacial score (nSPS) is 12.7. The predicted octanol–water partition coefficient (Wildman–Crippen LogP) is 8.22. The second kappa shape index (κ2) is 12.0. The van der Waals surface area contributed by atoms with Gasteiger partial charge in [-0.25, -0.2) is 0 Å². The van der Waals surface area contributed by atoms with Crippen molar-refractivity contribution in [1.29, 1.82) is 0 Å². The molecule has 2 rings (SSSR count). The molecule has 0 aliphatic rings. The lowest BCUT2D eigenvalue weighted by molar-refractivity contribution is 0.0485. The summed E-state index contributed by atoms with van der Waals surface area (Å²) in [5.74, 6) is 0. The average Bonchev–Trinajstić information content (AvgIpc) is 2.81. The highest BCUT2D eigenvalue weighted by Crippen LogP contribution is 2.42. The summed E-state index contributed by atoms with van der Waals surface area (Å²) in [5.41, 5.74) is 0.927. The zero-order chi connectivity index (χ0) is 21.9. The van der Waals surface area contributed by atoms with E-state index in [-0.39, 0.29) is 0 Å². The zero-order valence-corrected chi connectivity index (χ0v) is 19.5. The van der Waals surface area contributed by atoms with Crippen molar-refractivity contribution in [3.63, 3.8) is 0 Å². The molecule has 3 nitrogen and oxygen atoms in total. The van der Waals surface area contributed by atoms with Crippen LogP contribution in [0.25, 0.3) is 12.2 Å². The van der Waals surface area contributed by atoms with Crippen LogP contribution in [0.2, 0.25) is 0 Å². The van der Waals surface area contributed by atoms with Gasteiger partial charge in [0.05, 0.1) is 0 Å². The first kappa shape index (κ1) is 24.2. The number of rotatable bonds is 12. The van der Waals surface area contributed by atoms with E-state index >= 15 is 0 Å². The van der Waals surface area contributed by atoms with Crippen molar-refractivity contribution in [1.82, 2.24) is 0 Å². The Morgan fingerprint density at radius 1 is 0.667 bits per heavy atom. The van der Waals surface area contributed by atoms with Gasteiger partial charge in [-0.2, -0.15) is 0 Å². The van der Waals surface area contributed by atoms with E-state index in [9.17, 15) is 4.57 Å². The van der Waals surface area contributed by atoms with Gasteiger partial charge >= 0.3 is 8.25 Å². The van der Waals surface area contributed by atoms with Gasteiger partial charge in [-0.3, -0.25) is 0 Å². The van der Waals surface area contributed by atoms with E-state index in [1.807, 2.05) is 113 Å². The molecule has 2 aromatic rings. The first-order valence-electron chi connectivity index (χ1n) is 10.8. The quantitative estimate of drug-likeness (QED) is 0.321. The molecule has 0 amide bonds. The van der Waals surface area contributed by atoms with E-state index in [4.69, 9.17) is 9.05 Å². The molecule has 4 heteroatoms. The first-order chi connectivity index (χ1) is 14.5. The van der Waals surface area contributed by atoms with Gasteiger partial charge in [0.2, 0.25) is 0 Å². The Morgan fingerprint density at radius 2 is 1.00 bits per heavy atom. The van der Waals surface area contributed by atoms with E-state index in [0.717, 1.165) is 11.1 Å². The van der Waals surface area contributed by atoms with Gasteiger partial charge in [0.15, 0.2) is 0 Å². The summed E-state index contributed by atoms with van der Waals surface area (Å²) in [4.78, 5) is 0. The number of hydrogen-bond acceptors (Lipinski definition) is 3. The van der Waals surface area contributed by atoms with Crippen LogP contribution in [-0.2, 0) is 13.6 Å². The minimum absolute atomic E-state index is 0.625. The maximum Gasteiger partial charge on any atom is 0.699 e. The fourth-order valence-electron chi connectivity index (χ4n) is 3.23. The molecule has 0 aliphatic carbocycles. The van der Waals surface area contributed by atoms with Crippen molar-refractivity contribution in [3.8, 4) is 0 Å². The molecule has 0 bridgehead atoms. The predicted molar refractivity (Wildman–Crippen MR) is 127 cm³/mol. The van der Waals surface area contributed by atoms with Crippen molar-refractivity contribution in [2.24, 2.45) is 0 Å². The summed E-state index contributed by atoms with van der Waals surface area (Å²) in [5, 5.41) is 0. The van der Waals surface area contributed by atoms with Crippen LogP contribution in [0.1, 0.15) is 64.5 Å². The highest BCUT2D eigenvalue weighted by Gasteiger charge is 2.43. The first-order valence-corrected chi connectivity index (χ1v) is 11.9. The molecule has 160 valence electrons. The molecule has 0 saturated carbocycles. The largest absolute Gasteiger partial charge is 0.699 e. The van der Waals surface area contributed by atoms with E-state index < -0.39 is 19.5 Å². The Morgan fingerprint density at radius 3 is 1.30 bits per heavy atom. The molecule has 0 atom stereocenters. The number of hydrogen-bond donors (Lipinski definition) is 0. The third kappa shape index (κ3) is 7.02. The van der Waals surface area contributed by atoms with Gasteiger partial charge in [0.1, 0.15) is 11.2 Å². The van der Waals surface area contributed by atoms with Crippen molar-refractivity contribution >= 4 is 20.4 Å². The lowest BCUT2D eigenvalue weighted by Gasteiger charge is -2.24. The summed E-state index contributed by atoms with van der Waals surface area (Å²) >= 11 is 0. The van der Waals surface area contributed by atoms with Gasteiger partial charge in [-0.05, 0) is 49.0 Å². The van der Waals surface area contributed by atoms with E-state index in [0.29, 0.717) is 25.7 Å². The Kier molecular flexibility index (Phi) is 9.65. The standard InChI is InChI=1S/C26H34O3P/c1-5-25(6-2,21-19-23-15-11-9-12-16-23)28-30(27)29-26(7-3,8-4)22-20-24-17-13-10-14-18-24/h9-22H,5-8H2,1-4H3/q+1/b21-19+,22-20+. The summed E-state index contributed by atoms with van der Waals surface area (Å²) in [6.07, 6.45) is 10.9. The summed E-state index contributed by atoms with van der Waals surface area (Å²) in [7, 11) is -2.29. The molecule has 0 saturated heterocycles. The summed E-state index contributed by atoms with van der Waals surface area (Å²) in [6, 6.07) is 20.1. The van der Waals surface area contributed by atoms with Crippen LogP contribution in [0, 0.1) is 0 Å². The summed E-state index contributed by atoms with van der Waals surface area (Å²) in [6.45, 7) is 8.18. The van der Waals surface area contributed by atoms with Crippen LogP contribution >= 0.6 is 8.25 Å². The third-order valence-electron chi connectivity index (χ3n) is 5.66. The maximum absolute atomic E-state index is 13.0. The Bertz CT molecular complexity index is 750. The van der Waals surface area contributed by atoms with Gasteiger partial charge in [0, 0.05) is 4.57 Å². The minimum atomic E-state index is -2.29. The van der Waals surface area contributed by atoms with Crippen molar-refractivity contribution < 1.29 is 13.6 Å². The highest BCUT2D eigenvalue weighted by atomic mass is 31.1. The Balaban J connectivity index is 2.15. The van der Waals surface area contributed by atoms with Crippen LogP contribution < -0.4 is 0 Å². The molecular weight excluding hydrogens is 391 g/mol. The van der Waals surface area contributed by atoms with Gasteiger partial charge in [-0.1, -0.05) is 101 Å². The minimum Gasteiger partial charge on any atom is -0.108 e. The highest BCUT2D eigenvalue weighted by molar-refractivity contribution is 7.33. The fraction of sp³-hybridized carbons (Fsp3) is 0.385. The van der Waals surface area contributed by atoms with Crippen LogP contribution in [0.3, 0.4) is 0 Å². The van der Waals surface area contributed by atoms with Gasteiger partial charge < -0.3 is 0 Å². The maximum atomic E-state index is 13.0. The molecule has 0 aliphatic heterocycles. The molecule has 0 fully saturated rings. The Labute approximate surface area is 182 Å². The lowest BCUT2D eigenvalue weighted by Crippen LogP contribution is -2.29. The summed E-state index contributed by atoms with van der Waals surface area (Å²) < 4.78 is 25.0. The van der Waals surface area contributed by atoms with E-state index in [1.165, 1.54) is 0 Å². The molecule has 30 heavy (non-hydrogen) atoms. The second-order valence-electron chi connectivity index (χ2n) is 7.44. The molecule has 0 N–H and O–H groups in total. The van der Waals surface area contributed by atoms with Crippen LogP contribution in [0.15, 0.2) is 72.8 Å². The topological polar surface area (TPSA) is 35.5 Å². The molecule has 0 radical (unpaired) electrons. The Hall–Kier alpha value is -2.06. The van der Waals surface area contributed by atoms with Crippen molar-refractivity contribution in [2.75, 3.05) is 0 Å². The molecule has 0 spiro atoms. The van der Waals surface area contributed by atoms with E-state index in [1.54, 1.807) is 0 Å². The molecule has 0 aromatic heterocycles. The van der Waals surface area contributed by atoms with Crippen molar-refractivity contribution in [2.45, 2.75) is 64.6 Å². The van der Waals surface area contributed by atoms with Gasteiger partial charge in [-0.15, -0.1) is 9.05 Å². The zero-order valence-electron chi connectivity index (χ0n) is 18.6. The van der Waals surface area contributed by atoms with Crippen LogP contribution in [0.5, 0.6) is 0 Å². The fourth-order valence-corrected chi connectivity index (χ4v) is 4.50. The van der Waals surface area contributed by atoms with Crippen LogP contribution in [0.4, 0.5) is 0 Å². The SMILES string of the molecule is CCC(/C=C/c1ccccc1)(CC)O[P+](=O)OC(/C=C/c1ccccc1)(CC)CC. The smallest absolute Gasteiger partial charge is 0.108 e. The monoisotopic (exact) mass is 425 g/mol. The third-order valence-corrected chi connectivity index (χ3v) is 6.69. The van der Waals surface area contributed by atoms with Crippen LogP contribution in [-0.4, -0.2) is 11.2 Å². The molecular formula is C26H34O3P+.